The summed E-state index contributed by atoms with van der Waals surface area (Å²) in [7, 11) is 0. The number of halogens is 1. The van der Waals surface area contributed by atoms with E-state index in [2.05, 4.69) is 20.9 Å². The van der Waals surface area contributed by atoms with Gasteiger partial charge in [-0.2, -0.15) is 0 Å². The van der Waals surface area contributed by atoms with Crippen molar-refractivity contribution in [3.05, 3.63) is 69.8 Å². The minimum atomic E-state index is -0.424. The normalized spacial score (nSPS) is 15.8. The number of ether oxygens (including phenoxy) is 1. The van der Waals surface area contributed by atoms with Crippen LogP contribution in [0, 0.1) is 0 Å². The molecule has 5 heteroatoms. The third-order valence-corrected chi connectivity index (χ3v) is 4.40. The van der Waals surface area contributed by atoms with Crippen LogP contribution in [0.4, 0.5) is 0 Å². The molecule has 1 aliphatic heterocycles. The molecule has 1 heterocycles. The first-order valence-corrected chi connectivity index (χ1v) is 8.60. The summed E-state index contributed by atoms with van der Waals surface area (Å²) in [5.41, 5.74) is 2.01. The Balaban J connectivity index is 1.88. The van der Waals surface area contributed by atoms with Gasteiger partial charge in [-0.25, -0.2) is 9.79 Å². The Morgan fingerprint density at radius 2 is 1.77 bits per heavy atom. The molecule has 22 heavy (non-hydrogen) atoms. The number of carbonyl (C=O) groups is 1. The van der Waals surface area contributed by atoms with Crippen molar-refractivity contribution in [2.75, 3.05) is 6.26 Å². The van der Waals surface area contributed by atoms with Crippen LogP contribution in [0.3, 0.4) is 0 Å². The van der Waals surface area contributed by atoms with Crippen molar-refractivity contribution in [3.63, 3.8) is 0 Å². The van der Waals surface area contributed by atoms with Crippen LogP contribution in [-0.2, 0) is 9.53 Å². The third-order valence-electron chi connectivity index (χ3n) is 3.13. The quantitative estimate of drug-likeness (QED) is 0.451. The summed E-state index contributed by atoms with van der Waals surface area (Å²) in [5.74, 6) is -0.0867. The van der Waals surface area contributed by atoms with Crippen molar-refractivity contribution in [2.24, 2.45) is 4.99 Å². The smallest absolute Gasteiger partial charge is 0.363 e. The molecule has 110 valence electrons. The number of cyclic esters (lactones) is 1. The van der Waals surface area contributed by atoms with Crippen molar-refractivity contribution >= 4 is 45.6 Å². The van der Waals surface area contributed by atoms with Crippen LogP contribution in [0.2, 0.25) is 0 Å². The summed E-state index contributed by atoms with van der Waals surface area (Å²) in [6.45, 7) is 0. The van der Waals surface area contributed by atoms with Crippen LogP contribution in [0.1, 0.15) is 11.1 Å². The van der Waals surface area contributed by atoms with Gasteiger partial charge in [0.25, 0.3) is 0 Å². The highest BCUT2D eigenvalue weighted by molar-refractivity contribution is 9.10. The maximum atomic E-state index is 11.9. The van der Waals surface area contributed by atoms with Crippen LogP contribution >= 0.6 is 27.7 Å². The van der Waals surface area contributed by atoms with Crippen molar-refractivity contribution in [3.8, 4) is 0 Å². The van der Waals surface area contributed by atoms with Gasteiger partial charge in [-0.1, -0.05) is 28.1 Å². The number of aliphatic imine (C=N–C) groups is 1. The van der Waals surface area contributed by atoms with Gasteiger partial charge in [0.15, 0.2) is 5.70 Å². The number of benzene rings is 2. The minimum absolute atomic E-state index is 0.315. The average molecular weight is 374 g/mol. The Kier molecular flexibility index (Phi) is 4.45. The molecule has 0 radical (unpaired) electrons. The Labute approximate surface area is 141 Å². The second kappa shape index (κ2) is 6.50. The van der Waals surface area contributed by atoms with Crippen LogP contribution in [0.25, 0.3) is 6.08 Å². The molecular weight excluding hydrogens is 362 g/mol. The zero-order valence-corrected chi connectivity index (χ0v) is 14.1. The molecule has 0 fully saturated rings. The largest absolute Gasteiger partial charge is 0.402 e. The lowest BCUT2D eigenvalue weighted by Gasteiger charge is -1.98. The fourth-order valence-corrected chi connectivity index (χ4v) is 2.66. The van der Waals surface area contributed by atoms with E-state index in [0.717, 1.165) is 15.6 Å². The highest BCUT2D eigenvalue weighted by atomic mass is 79.9. The number of nitrogens with zero attached hydrogens (tertiary/aromatic N) is 1. The highest BCUT2D eigenvalue weighted by Gasteiger charge is 2.23. The van der Waals surface area contributed by atoms with Crippen molar-refractivity contribution in [1.29, 1.82) is 0 Å². The van der Waals surface area contributed by atoms with Crippen LogP contribution in [0.15, 0.2) is 68.6 Å². The van der Waals surface area contributed by atoms with Gasteiger partial charge in [0.2, 0.25) is 5.90 Å². The van der Waals surface area contributed by atoms with Gasteiger partial charge in [-0.05, 0) is 54.3 Å². The number of carbonyl (C=O) groups excluding carboxylic acids is 1. The number of rotatable bonds is 3. The van der Waals surface area contributed by atoms with Crippen molar-refractivity contribution < 1.29 is 9.53 Å². The van der Waals surface area contributed by atoms with E-state index in [1.807, 2.05) is 54.8 Å². The zero-order chi connectivity index (χ0) is 15.5. The first-order chi connectivity index (χ1) is 10.7. The summed E-state index contributed by atoms with van der Waals surface area (Å²) in [6, 6.07) is 15.4. The molecule has 0 saturated carbocycles. The number of hydrogen-bond acceptors (Lipinski definition) is 4. The fraction of sp³-hybridized carbons (Fsp3) is 0.0588. The van der Waals surface area contributed by atoms with E-state index in [9.17, 15) is 4.79 Å². The number of esters is 1. The lowest BCUT2D eigenvalue weighted by atomic mass is 10.2. The Morgan fingerprint density at radius 3 is 2.41 bits per heavy atom. The van der Waals surface area contributed by atoms with E-state index >= 15 is 0 Å². The predicted octanol–water partition coefficient (Wildman–Crippen LogP) is 4.52. The van der Waals surface area contributed by atoms with Crippen LogP contribution < -0.4 is 0 Å². The molecule has 0 N–H and O–H groups in total. The number of hydrogen-bond donors (Lipinski definition) is 0. The van der Waals surface area contributed by atoms with Gasteiger partial charge in [-0.3, -0.25) is 0 Å². The van der Waals surface area contributed by atoms with E-state index in [1.54, 1.807) is 17.8 Å². The molecule has 0 amide bonds. The van der Waals surface area contributed by atoms with E-state index in [1.165, 1.54) is 4.90 Å². The molecule has 2 aromatic rings. The second-order valence-electron chi connectivity index (χ2n) is 4.62. The highest BCUT2D eigenvalue weighted by Crippen LogP contribution is 2.21. The second-order valence-corrected chi connectivity index (χ2v) is 6.41. The first kappa shape index (κ1) is 15.1. The molecule has 2 aromatic carbocycles. The van der Waals surface area contributed by atoms with E-state index in [0.29, 0.717) is 11.6 Å². The van der Waals surface area contributed by atoms with Crippen LogP contribution in [-0.4, -0.2) is 18.1 Å². The lowest BCUT2D eigenvalue weighted by Crippen LogP contribution is -2.05. The molecule has 0 atom stereocenters. The standard InChI is InChI=1S/C17H12BrNO2S/c1-22-14-8-2-11(3-9-14)10-15-17(20)21-16(19-15)12-4-6-13(18)7-5-12/h2-10H,1H3/b15-10-. The molecule has 0 saturated heterocycles. The van der Waals surface area contributed by atoms with Gasteiger partial charge in [0.1, 0.15) is 0 Å². The Morgan fingerprint density at radius 1 is 1.09 bits per heavy atom. The van der Waals surface area contributed by atoms with E-state index in [4.69, 9.17) is 4.74 Å². The average Bonchev–Trinajstić information content (AvgIpc) is 2.90. The Bertz CT molecular complexity index is 764. The fourth-order valence-electron chi connectivity index (χ4n) is 1.98. The summed E-state index contributed by atoms with van der Waals surface area (Å²) in [6.07, 6.45) is 3.76. The monoisotopic (exact) mass is 373 g/mol. The summed E-state index contributed by atoms with van der Waals surface area (Å²) >= 11 is 5.05. The summed E-state index contributed by atoms with van der Waals surface area (Å²) in [4.78, 5) is 17.4. The SMILES string of the molecule is CSc1ccc(/C=C2\N=C(c3ccc(Br)cc3)OC2=O)cc1. The molecule has 3 rings (SSSR count). The molecule has 0 bridgehead atoms. The van der Waals surface area contributed by atoms with Gasteiger partial charge in [0.05, 0.1) is 0 Å². The van der Waals surface area contributed by atoms with Gasteiger partial charge in [0, 0.05) is 14.9 Å². The van der Waals surface area contributed by atoms with Crippen molar-refractivity contribution in [2.45, 2.75) is 4.90 Å². The molecule has 3 nitrogen and oxygen atoms in total. The molecule has 1 aliphatic rings. The van der Waals surface area contributed by atoms with Gasteiger partial charge >= 0.3 is 5.97 Å². The molecule has 0 spiro atoms. The van der Waals surface area contributed by atoms with Crippen molar-refractivity contribution in [1.82, 2.24) is 0 Å². The lowest BCUT2D eigenvalue weighted by molar-refractivity contribution is -0.129. The molecule has 0 aromatic heterocycles. The van der Waals surface area contributed by atoms with Crippen LogP contribution in [0.5, 0.6) is 0 Å². The zero-order valence-electron chi connectivity index (χ0n) is 11.7. The van der Waals surface area contributed by atoms with E-state index in [-0.39, 0.29) is 0 Å². The third kappa shape index (κ3) is 3.31. The molecule has 0 aliphatic carbocycles. The summed E-state index contributed by atoms with van der Waals surface area (Å²) < 4.78 is 6.20. The van der Waals surface area contributed by atoms with Gasteiger partial charge in [-0.15, -0.1) is 11.8 Å². The first-order valence-electron chi connectivity index (χ1n) is 6.58. The van der Waals surface area contributed by atoms with E-state index < -0.39 is 5.97 Å². The van der Waals surface area contributed by atoms with Gasteiger partial charge < -0.3 is 4.74 Å². The molecule has 0 unspecified atom stereocenters. The minimum Gasteiger partial charge on any atom is -0.402 e. The molecular formula is C17H12BrNO2S. The maximum absolute atomic E-state index is 11.9. The number of thioether (sulfide) groups is 1. The predicted molar refractivity (Wildman–Crippen MR) is 93.0 cm³/mol. The maximum Gasteiger partial charge on any atom is 0.363 e. The Hall–Kier alpha value is -1.85. The topological polar surface area (TPSA) is 38.7 Å². The summed E-state index contributed by atoms with van der Waals surface area (Å²) in [5, 5.41) is 0.